The number of para-hydroxylation sites is 1. The van der Waals surface area contributed by atoms with Crippen molar-refractivity contribution in [3.63, 3.8) is 0 Å². The van der Waals surface area contributed by atoms with Gasteiger partial charge in [0.25, 0.3) is 0 Å². The Morgan fingerprint density at radius 1 is 0.800 bits per heavy atom. The molecule has 0 amide bonds. The summed E-state index contributed by atoms with van der Waals surface area (Å²) in [6.45, 7) is 0. The molecule has 0 atom stereocenters. The highest BCUT2D eigenvalue weighted by atomic mass is 16.3. The Morgan fingerprint density at radius 2 is 1.75 bits per heavy atom. The van der Waals surface area contributed by atoms with Gasteiger partial charge in [-0.25, -0.2) is 0 Å². The van der Waals surface area contributed by atoms with Crippen LogP contribution in [0.3, 0.4) is 0 Å². The molecule has 0 fully saturated rings. The second kappa shape index (κ2) is 3.39. The van der Waals surface area contributed by atoms with Crippen molar-refractivity contribution in [2.24, 2.45) is 0 Å². The molecule has 5 aromatic rings. The molecule has 3 heterocycles. The summed E-state index contributed by atoms with van der Waals surface area (Å²) < 4.78 is 5.90. The Labute approximate surface area is 113 Å². The van der Waals surface area contributed by atoms with Gasteiger partial charge in [0, 0.05) is 38.8 Å². The topological polar surface area (TPSA) is 41.8 Å². The molecule has 0 bridgehead atoms. The lowest BCUT2D eigenvalue weighted by molar-refractivity contribution is 0.667. The molecule has 0 saturated carbocycles. The van der Waals surface area contributed by atoms with Gasteiger partial charge in [-0.05, 0) is 24.3 Å². The largest absolute Gasteiger partial charge is 0.454 e. The molecule has 3 nitrogen and oxygen atoms in total. The Bertz CT molecular complexity index is 1010. The van der Waals surface area contributed by atoms with E-state index in [1.165, 1.54) is 10.8 Å². The number of aromatic nitrogens is 2. The van der Waals surface area contributed by atoms with Crippen LogP contribution in [0, 0.1) is 0 Å². The first-order valence-electron chi connectivity index (χ1n) is 6.57. The van der Waals surface area contributed by atoms with Gasteiger partial charge in [0.2, 0.25) is 0 Å². The molecule has 94 valence electrons. The molecule has 0 aliphatic heterocycles. The van der Waals surface area contributed by atoms with Crippen LogP contribution < -0.4 is 0 Å². The number of aromatic amines is 1. The minimum atomic E-state index is 0.833. The summed E-state index contributed by atoms with van der Waals surface area (Å²) in [5, 5.41) is 4.65. The third-order valence-electron chi connectivity index (χ3n) is 3.90. The molecule has 0 saturated heterocycles. The van der Waals surface area contributed by atoms with Gasteiger partial charge in [-0.2, -0.15) is 0 Å². The average molecular weight is 258 g/mol. The zero-order valence-electron chi connectivity index (χ0n) is 10.6. The van der Waals surface area contributed by atoms with Gasteiger partial charge in [-0.1, -0.05) is 18.2 Å². The number of pyridine rings is 1. The Balaban J connectivity index is 2.05. The number of benzene rings is 2. The van der Waals surface area contributed by atoms with Crippen molar-refractivity contribution in [1.29, 1.82) is 0 Å². The molecular weight excluding hydrogens is 248 g/mol. The van der Waals surface area contributed by atoms with E-state index >= 15 is 0 Å². The molecule has 0 aliphatic rings. The number of H-pyrrole nitrogens is 1. The van der Waals surface area contributed by atoms with E-state index in [1.807, 2.05) is 12.1 Å². The van der Waals surface area contributed by atoms with Crippen LogP contribution in [0.15, 0.2) is 59.3 Å². The fraction of sp³-hybridized carbons (Fsp3) is 0. The zero-order valence-corrected chi connectivity index (χ0v) is 10.6. The van der Waals surface area contributed by atoms with E-state index in [2.05, 4.69) is 40.3 Å². The van der Waals surface area contributed by atoms with E-state index in [9.17, 15) is 0 Å². The first-order chi connectivity index (χ1) is 9.90. The molecule has 0 spiro atoms. The zero-order chi connectivity index (χ0) is 13.1. The number of nitrogens with one attached hydrogen (secondary N) is 1. The van der Waals surface area contributed by atoms with Gasteiger partial charge in [-0.15, -0.1) is 0 Å². The normalized spacial score (nSPS) is 12.0. The van der Waals surface area contributed by atoms with Crippen molar-refractivity contribution in [2.45, 2.75) is 0 Å². The summed E-state index contributed by atoms with van der Waals surface area (Å²) in [7, 11) is 0. The van der Waals surface area contributed by atoms with Gasteiger partial charge in [0.1, 0.15) is 5.58 Å². The van der Waals surface area contributed by atoms with E-state index in [0.29, 0.717) is 0 Å². The third kappa shape index (κ3) is 1.17. The number of rotatable bonds is 0. The summed E-state index contributed by atoms with van der Waals surface area (Å²) in [6, 6.07) is 14.6. The third-order valence-corrected chi connectivity index (χ3v) is 3.90. The molecule has 2 aromatic carbocycles. The summed E-state index contributed by atoms with van der Waals surface area (Å²) in [5.41, 5.74) is 4.03. The molecule has 0 unspecified atom stereocenters. The summed E-state index contributed by atoms with van der Waals surface area (Å²) >= 11 is 0. The van der Waals surface area contributed by atoms with Crippen LogP contribution in [0.4, 0.5) is 0 Å². The lowest BCUT2D eigenvalue weighted by Crippen LogP contribution is -1.70. The highest BCUT2D eigenvalue weighted by Crippen LogP contribution is 2.34. The fourth-order valence-corrected chi connectivity index (χ4v) is 2.98. The van der Waals surface area contributed by atoms with E-state index in [4.69, 9.17) is 4.42 Å². The Hall–Kier alpha value is -2.81. The van der Waals surface area contributed by atoms with Crippen LogP contribution in [0.25, 0.3) is 43.7 Å². The standard InChI is InChI=1S/C17H10N2O/c1-2-4-14-10(3-1)12-8-16-13(7-15(12)19-14)11-5-6-18-9-17(11)20-16/h1-9,19H. The number of hydrogen-bond acceptors (Lipinski definition) is 2. The van der Waals surface area contributed by atoms with Gasteiger partial charge in [-0.3, -0.25) is 4.98 Å². The quantitative estimate of drug-likeness (QED) is 0.440. The number of fused-ring (bicyclic) bond motifs is 6. The summed E-state index contributed by atoms with van der Waals surface area (Å²) in [5.74, 6) is 0. The van der Waals surface area contributed by atoms with E-state index in [-0.39, 0.29) is 0 Å². The van der Waals surface area contributed by atoms with Crippen molar-refractivity contribution in [2.75, 3.05) is 0 Å². The van der Waals surface area contributed by atoms with Crippen molar-refractivity contribution >= 4 is 43.7 Å². The maximum Gasteiger partial charge on any atom is 0.153 e. The summed E-state index contributed by atoms with van der Waals surface area (Å²) in [6.07, 6.45) is 3.56. The van der Waals surface area contributed by atoms with E-state index in [1.54, 1.807) is 12.4 Å². The number of hydrogen-bond donors (Lipinski definition) is 1. The van der Waals surface area contributed by atoms with Crippen molar-refractivity contribution in [3.8, 4) is 0 Å². The lowest BCUT2D eigenvalue weighted by atomic mass is 10.1. The minimum absolute atomic E-state index is 0.833. The Kier molecular flexibility index (Phi) is 1.70. The molecule has 0 aliphatic carbocycles. The monoisotopic (exact) mass is 258 g/mol. The van der Waals surface area contributed by atoms with Gasteiger partial charge < -0.3 is 9.40 Å². The average Bonchev–Trinajstić information content (AvgIpc) is 3.02. The molecule has 3 heteroatoms. The smallest absolute Gasteiger partial charge is 0.153 e. The highest BCUT2D eigenvalue weighted by Gasteiger charge is 2.10. The molecule has 0 radical (unpaired) electrons. The predicted molar refractivity (Wildman–Crippen MR) is 80.9 cm³/mol. The van der Waals surface area contributed by atoms with Gasteiger partial charge in [0.05, 0.1) is 6.20 Å². The van der Waals surface area contributed by atoms with Crippen molar-refractivity contribution in [1.82, 2.24) is 9.97 Å². The fourth-order valence-electron chi connectivity index (χ4n) is 2.98. The minimum Gasteiger partial charge on any atom is -0.454 e. The maximum absolute atomic E-state index is 5.90. The van der Waals surface area contributed by atoms with E-state index in [0.717, 1.165) is 33.0 Å². The van der Waals surface area contributed by atoms with Crippen molar-refractivity contribution in [3.05, 3.63) is 54.9 Å². The van der Waals surface area contributed by atoms with Crippen LogP contribution in [0.5, 0.6) is 0 Å². The molecular formula is C17H10N2O. The predicted octanol–water partition coefficient (Wildman–Crippen LogP) is 4.62. The van der Waals surface area contributed by atoms with E-state index < -0.39 is 0 Å². The number of furan rings is 1. The lowest BCUT2D eigenvalue weighted by Gasteiger charge is -1.92. The van der Waals surface area contributed by atoms with Gasteiger partial charge >= 0.3 is 0 Å². The summed E-state index contributed by atoms with van der Waals surface area (Å²) in [4.78, 5) is 7.58. The van der Waals surface area contributed by atoms with Crippen LogP contribution >= 0.6 is 0 Å². The van der Waals surface area contributed by atoms with Crippen LogP contribution in [0.1, 0.15) is 0 Å². The van der Waals surface area contributed by atoms with Crippen LogP contribution in [-0.4, -0.2) is 9.97 Å². The maximum atomic E-state index is 5.90. The molecule has 5 rings (SSSR count). The van der Waals surface area contributed by atoms with Crippen molar-refractivity contribution < 1.29 is 4.42 Å². The first-order valence-corrected chi connectivity index (χ1v) is 6.57. The molecule has 1 N–H and O–H groups in total. The highest BCUT2D eigenvalue weighted by molar-refractivity contribution is 6.15. The van der Waals surface area contributed by atoms with Crippen LogP contribution in [-0.2, 0) is 0 Å². The second-order valence-electron chi connectivity index (χ2n) is 5.04. The second-order valence-corrected chi connectivity index (χ2v) is 5.04. The van der Waals surface area contributed by atoms with Crippen LogP contribution in [0.2, 0.25) is 0 Å². The number of nitrogens with zero attached hydrogens (tertiary/aromatic N) is 1. The first kappa shape index (κ1) is 10.0. The molecule has 20 heavy (non-hydrogen) atoms. The van der Waals surface area contributed by atoms with Gasteiger partial charge in [0.15, 0.2) is 5.58 Å². The molecule has 3 aromatic heterocycles. The Morgan fingerprint density at radius 3 is 2.75 bits per heavy atom. The SMILES string of the molecule is c1ccc2c(c1)[nH]c1cc3c(cc12)oc1cnccc13.